The molecule has 1 aliphatic rings. The van der Waals surface area contributed by atoms with Gasteiger partial charge in [-0.25, -0.2) is 8.42 Å². The lowest BCUT2D eigenvalue weighted by molar-refractivity contribution is 0.593. The van der Waals surface area contributed by atoms with Gasteiger partial charge in [0.25, 0.3) is 0 Å². The maximum Gasteiger partial charge on any atom is 0.191 e. The minimum absolute atomic E-state index is 0.162. The van der Waals surface area contributed by atoms with Crippen LogP contribution in [0.5, 0.6) is 0 Å². The molecule has 0 saturated heterocycles. The average molecular weight is 261 g/mol. The van der Waals surface area contributed by atoms with E-state index in [1.54, 1.807) is 14.0 Å². The molecule has 0 unspecified atom stereocenters. The van der Waals surface area contributed by atoms with Gasteiger partial charge in [0.15, 0.2) is 15.8 Å². The number of hydrogen-bond donors (Lipinski definition) is 2. The summed E-state index contributed by atoms with van der Waals surface area (Å²) in [5.41, 5.74) is 0. The van der Waals surface area contributed by atoms with E-state index in [0.29, 0.717) is 18.5 Å². The molecule has 0 spiro atoms. The number of guanidine groups is 1. The van der Waals surface area contributed by atoms with E-state index in [2.05, 4.69) is 15.6 Å². The van der Waals surface area contributed by atoms with Crippen LogP contribution in [-0.4, -0.2) is 45.5 Å². The summed E-state index contributed by atoms with van der Waals surface area (Å²) in [6, 6.07) is 0.490. The number of nitrogens with one attached hydrogen (secondary N) is 2. The Kier molecular flexibility index (Phi) is 5.74. The van der Waals surface area contributed by atoms with Crippen molar-refractivity contribution in [2.45, 2.75) is 38.6 Å². The zero-order valence-electron chi connectivity index (χ0n) is 10.7. The van der Waals surface area contributed by atoms with Gasteiger partial charge in [-0.1, -0.05) is 19.8 Å². The molecule has 0 atom stereocenters. The van der Waals surface area contributed by atoms with Crippen molar-refractivity contribution in [1.82, 2.24) is 10.6 Å². The highest BCUT2D eigenvalue weighted by atomic mass is 32.2. The van der Waals surface area contributed by atoms with Crippen LogP contribution in [0, 0.1) is 0 Å². The van der Waals surface area contributed by atoms with Crippen LogP contribution in [0.1, 0.15) is 32.6 Å². The fraction of sp³-hybridized carbons (Fsp3) is 0.909. The molecular formula is C11H23N3O2S. The SMILES string of the molecule is CCS(=O)(=O)CCNC(=NC)NC1CCCC1. The second-order valence-corrected chi connectivity index (χ2v) is 6.83. The van der Waals surface area contributed by atoms with Crippen LogP contribution in [0.2, 0.25) is 0 Å². The van der Waals surface area contributed by atoms with Gasteiger partial charge in [0.05, 0.1) is 5.75 Å². The van der Waals surface area contributed by atoms with Gasteiger partial charge < -0.3 is 10.6 Å². The summed E-state index contributed by atoms with van der Waals surface area (Å²) < 4.78 is 22.6. The fourth-order valence-electron chi connectivity index (χ4n) is 1.93. The molecule has 0 aromatic rings. The molecule has 0 aromatic heterocycles. The lowest BCUT2D eigenvalue weighted by Crippen LogP contribution is -2.43. The summed E-state index contributed by atoms with van der Waals surface area (Å²) >= 11 is 0. The van der Waals surface area contributed by atoms with E-state index in [1.165, 1.54) is 25.7 Å². The maximum absolute atomic E-state index is 11.3. The zero-order valence-corrected chi connectivity index (χ0v) is 11.5. The molecule has 1 aliphatic carbocycles. The monoisotopic (exact) mass is 261 g/mol. The van der Waals surface area contributed by atoms with Gasteiger partial charge >= 0.3 is 0 Å². The predicted octanol–water partition coefficient (Wildman–Crippen LogP) is 0.529. The molecule has 0 heterocycles. The first-order chi connectivity index (χ1) is 8.07. The summed E-state index contributed by atoms with van der Waals surface area (Å²) in [6.45, 7) is 2.09. The fourth-order valence-corrected chi connectivity index (χ4v) is 2.63. The maximum atomic E-state index is 11.3. The van der Waals surface area contributed by atoms with E-state index >= 15 is 0 Å². The van der Waals surface area contributed by atoms with Gasteiger partial charge in [-0.2, -0.15) is 0 Å². The van der Waals surface area contributed by atoms with E-state index in [9.17, 15) is 8.42 Å². The lowest BCUT2D eigenvalue weighted by atomic mass is 10.2. The summed E-state index contributed by atoms with van der Waals surface area (Å²) in [7, 11) is -1.19. The van der Waals surface area contributed by atoms with Crippen molar-refractivity contribution >= 4 is 15.8 Å². The number of hydrogen-bond acceptors (Lipinski definition) is 3. The van der Waals surface area contributed by atoms with Crippen LogP contribution in [0.4, 0.5) is 0 Å². The third-order valence-corrected chi connectivity index (χ3v) is 4.77. The van der Waals surface area contributed by atoms with Crippen molar-refractivity contribution in [3.8, 4) is 0 Å². The smallest absolute Gasteiger partial charge is 0.191 e. The average Bonchev–Trinajstić information content (AvgIpc) is 2.80. The lowest BCUT2D eigenvalue weighted by Gasteiger charge is -2.16. The highest BCUT2D eigenvalue weighted by molar-refractivity contribution is 7.91. The van der Waals surface area contributed by atoms with Gasteiger partial charge in [0, 0.05) is 25.4 Å². The largest absolute Gasteiger partial charge is 0.355 e. The third kappa shape index (κ3) is 5.39. The van der Waals surface area contributed by atoms with E-state index in [0.717, 1.165) is 0 Å². The Morgan fingerprint density at radius 3 is 2.53 bits per heavy atom. The number of aliphatic imine (C=N–C) groups is 1. The van der Waals surface area contributed by atoms with E-state index < -0.39 is 9.84 Å². The molecule has 0 aromatic carbocycles. The van der Waals surface area contributed by atoms with E-state index in [4.69, 9.17) is 0 Å². The molecule has 6 heteroatoms. The Balaban J connectivity index is 2.28. The second-order valence-electron chi connectivity index (χ2n) is 4.36. The Morgan fingerprint density at radius 2 is 2.00 bits per heavy atom. The van der Waals surface area contributed by atoms with Crippen LogP contribution in [0.25, 0.3) is 0 Å². The molecule has 0 aliphatic heterocycles. The molecule has 0 amide bonds. The third-order valence-electron chi connectivity index (χ3n) is 3.06. The number of nitrogens with zero attached hydrogens (tertiary/aromatic N) is 1. The first kappa shape index (κ1) is 14.3. The Labute approximate surface area is 104 Å². The van der Waals surface area contributed by atoms with Crippen molar-refractivity contribution < 1.29 is 8.42 Å². The van der Waals surface area contributed by atoms with Crippen LogP contribution < -0.4 is 10.6 Å². The molecular weight excluding hydrogens is 238 g/mol. The van der Waals surface area contributed by atoms with Crippen molar-refractivity contribution in [2.24, 2.45) is 4.99 Å². The Morgan fingerprint density at radius 1 is 1.35 bits per heavy atom. The van der Waals surface area contributed by atoms with E-state index in [1.807, 2.05) is 0 Å². The molecule has 1 saturated carbocycles. The first-order valence-corrected chi connectivity index (χ1v) is 8.07. The molecule has 2 N–H and O–H groups in total. The zero-order chi connectivity index (χ0) is 12.7. The quantitative estimate of drug-likeness (QED) is 0.559. The summed E-state index contributed by atoms with van der Waals surface area (Å²) in [6.07, 6.45) is 4.87. The minimum Gasteiger partial charge on any atom is -0.355 e. The van der Waals surface area contributed by atoms with Crippen LogP contribution >= 0.6 is 0 Å². The van der Waals surface area contributed by atoms with Gasteiger partial charge in [0.1, 0.15) is 0 Å². The molecule has 1 rings (SSSR count). The Hall–Kier alpha value is -0.780. The normalized spacial score (nSPS) is 18.4. The molecule has 1 fully saturated rings. The highest BCUT2D eigenvalue weighted by Gasteiger charge is 2.16. The van der Waals surface area contributed by atoms with Crippen LogP contribution in [0.3, 0.4) is 0 Å². The molecule has 0 bridgehead atoms. The van der Waals surface area contributed by atoms with Crippen molar-refractivity contribution in [3.63, 3.8) is 0 Å². The summed E-state index contributed by atoms with van der Waals surface area (Å²) in [5.74, 6) is 1.07. The Bertz CT molecular complexity index is 346. The first-order valence-electron chi connectivity index (χ1n) is 6.25. The van der Waals surface area contributed by atoms with Gasteiger partial charge in [0.2, 0.25) is 0 Å². The summed E-state index contributed by atoms with van der Waals surface area (Å²) in [4.78, 5) is 4.10. The second kappa shape index (κ2) is 6.83. The molecule has 5 nitrogen and oxygen atoms in total. The van der Waals surface area contributed by atoms with Crippen LogP contribution in [-0.2, 0) is 9.84 Å². The topological polar surface area (TPSA) is 70.6 Å². The number of rotatable bonds is 5. The standard InChI is InChI=1S/C11H23N3O2S/c1-3-17(15,16)9-8-13-11(12-2)14-10-6-4-5-7-10/h10H,3-9H2,1-2H3,(H2,12,13,14). The van der Waals surface area contributed by atoms with Crippen molar-refractivity contribution in [1.29, 1.82) is 0 Å². The molecule has 17 heavy (non-hydrogen) atoms. The van der Waals surface area contributed by atoms with E-state index in [-0.39, 0.29) is 11.5 Å². The minimum atomic E-state index is -2.90. The highest BCUT2D eigenvalue weighted by Crippen LogP contribution is 2.17. The molecule has 0 radical (unpaired) electrons. The van der Waals surface area contributed by atoms with Gasteiger partial charge in [-0.15, -0.1) is 0 Å². The predicted molar refractivity (Wildman–Crippen MR) is 71.1 cm³/mol. The van der Waals surface area contributed by atoms with Crippen molar-refractivity contribution in [3.05, 3.63) is 0 Å². The molecule has 100 valence electrons. The van der Waals surface area contributed by atoms with Crippen LogP contribution in [0.15, 0.2) is 4.99 Å². The van der Waals surface area contributed by atoms with Gasteiger partial charge in [-0.05, 0) is 12.8 Å². The van der Waals surface area contributed by atoms with Gasteiger partial charge in [-0.3, -0.25) is 4.99 Å². The van der Waals surface area contributed by atoms with Crippen molar-refractivity contribution in [2.75, 3.05) is 25.1 Å². The number of sulfone groups is 1. The summed E-state index contributed by atoms with van der Waals surface area (Å²) in [5, 5.41) is 6.36.